The highest BCUT2D eigenvalue weighted by atomic mass is 15.1. The third-order valence-corrected chi connectivity index (χ3v) is 12.4. The van der Waals surface area contributed by atoms with Crippen molar-refractivity contribution in [3.8, 4) is 50.2 Å². The molecule has 1 heterocycles. The Kier molecular flexibility index (Phi) is 8.20. The van der Waals surface area contributed by atoms with Crippen molar-refractivity contribution in [2.45, 2.75) is 19.3 Å². The minimum atomic E-state index is -0.132. The molecule has 0 fully saturated rings. The molecule has 0 bridgehead atoms. The molecule has 11 rings (SSSR count). The summed E-state index contributed by atoms with van der Waals surface area (Å²) in [6.45, 7) is 4.73. The number of anilines is 3. The average molecular weight is 755 g/mol. The Balaban J connectivity index is 1.10. The summed E-state index contributed by atoms with van der Waals surface area (Å²) in [5.74, 6) is 0. The van der Waals surface area contributed by atoms with Gasteiger partial charge < -0.3 is 9.47 Å². The van der Waals surface area contributed by atoms with Crippen LogP contribution in [-0.2, 0) is 5.41 Å². The highest BCUT2D eigenvalue weighted by Gasteiger charge is 2.37. The normalized spacial score (nSPS) is 12.7. The molecule has 0 saturated carbocycles. The van der Waals surface area contributed by atoms with Gasteiger partial charge in [-0.15, -0.1) is 0 Å². The van der Waals surface area contributed by atoms with Crippen molar-refractivity contribution < 1.29 is 0 Å². The maximum absolute atomic E-state index is 2.45. The fraction of sp³-hybridized carbons (Fsp3) is 0.0526. The van der Waals surface area contributed by atoms with Gasteiger partial charge in [-0.05, 0) is 105 Å². The van der Waals surface area contributed by atoms with Crippen molar-refractivity contribution in [3.05, 3.63) is 230 Å². The molecular formula is C57H42N2. The van der Waals surface area contributed by atoms with Crippen molar-refractivity contribution in [2.75, 3.05) is 4.90 Å². The fourth-order valence-electron chi connectivity index (χ4n) is 9.65. The van der Waals surface area contributed by atoms with Gasteiger partial charge in [-0.3, -0.25) is 0 Å². The van der Waals surface area contributed by atoms with E-state index in [4.69, 9.17) is 0 Å². The fourth-order valence-corrected chi connectivity index (χ4v) is 9.65. The van der Waals surface area contributed by atoms with E-state index in [1.807, 2.05) is 0 Å². The van der Waals surface area contributed by atoms with E-state index in [-0.39, 0.29) is 5.41 Å². The number of benzene rings is 9. The SMILES string of the molecule is CC1(C)c2ccc(N(c3ccc(-c4cccc5c4c4ccccc4n5-c4ccccc4)cc3)c3ccccc3-c3ccccc3)cc2-c2c(-c3ccccc3)cccc21. The molecule has 0 saturated heterocycles. The number of hydrogen-bond donors (Lipinski definition) is 0. The third kappa shape index (κ3) is 5.63. The van der Waals surface area contributed by atoms with Gasteiger partial charge in [0, 0.05) is 38.8 Å². The van der Waals surface area contributed by atoms with E-state index in [2.05, 4.69) is 242 Å². The first-order valence-corrected chi connectivity index (χ1v) is 20.5. The van der Waals surface area contributed by atoms with E-state index >= 15 is 0 Å². The van der Waals surface area contributed by atoms with Crippen LogP contribution in [0.4, 0.5) is 17.1 Å². The zero-order chi connectivity index (χ0) is 39.5. The summed E-state index contributed by atoms with van der Waals surface area (Å²) in [6, 6.07) is 79.7. The first-order valence-electron chi connectivity index (χ1n) is 20.5. The quantitative estimate of drug-likeness (QED) is 0.157. The van der Waals surface area contributed by atoms with Gasteiger partial charge in [0.15, 0.2) is 0 Å². The van der Waals surface area contributed by atoms with Crippen LogP contribution in [0.1, 0.15) is 25.0 Å². The second-order valence-corrected chi connectivity index (χ2v) is 16.1. The van der Waals surface area contributed by atoms with Crippen LogP contribution in [0.2, 0.25) is 0 Å². The predicted octanol–water partition coefficient (Wildman–Crippen LogP) is 15.6. The summed E-state index contributed by atoms with van der Waals surface area (Å²) in [7, 11) is 0. The van der Waals surface area contributed by atoms with Crippen LogP contribution in [-0.4, -0.2) is 4.57 Å². The van der Waals surface area contributed by atoms with Gasteiger partial charge in [-0.2, -0.15) is 0 Å². The average Bonchev–Trinajstić information content (AvgIpc) is 3.76. The van der Waals surface area contributed by atoms with E-state index in [9.17, 15) is 0 Å². The molecule has 280 valence electrons. The van der Waals surface area contributed by atoms with Crippen molar-refractivity contribution in [3.63, 3.8) is 0 Å². The van der Waals surface area contributed by atoms with Crippen LogP contribution >= 0.6 is 0 Å². The number of fused-ring (bicyclic) bond motifs is 6. The Labute approximate surface area is 345 Å². The van der Waals surface area contributed by atoms with E-state index in [1.165, 1.54) is 77.4 Å². The lowest BCUT2D eigenvalue weighted by atomic mass is 9.82. The van der Waals surface area contributed by atoms with E-state index in [0.29, 0.717) is 0 Å². The molecule has 59 heavy (non-hydrogen) atoms. The smallest absolute Gasteiger partial charge is 0.0547 e. The number of hydrogen-bond acceptors (Lipinski definition) is 1. The van der Waals surface area contributed by atoms with Gasteiger partial charge >= 0.3 is 0 Å². The molecule has 0 atom stereocenters. The van der Waals surface area contributed by atoms with Crippen molar-refractivity contribution in [2.24, 2.45) is 0 Å². The third-order valence-electron chi connectivity index (χ3n) is 12.4. The molecule has 1 aliphatic carbocycles. The van der Waals surface area contributed by atoms with Crippen LogP contribution in [0, 0.1) is 0 Å². The molecule has 0 unspecified atom stereocenters. The predicted molar refractivity (Wildman–Crippen MR) is 249 cm³/mol. The topological polar surface area (TPSA) is 8.17 Å². The Morgan fingerprint density at radius 3 is 1.71 bits per heavy atom. The summed E-state index contributed by atoms with van der Waals surface area (Å²) in [5.41, 5.74) is 19.4. The molecule has 1 aromatic heterocycles. The monoisotopic (exact) mass is 754 g/mol. The zero-order valence-corrected chi connectivity index (χ0v) is 33.2. The Morgan fingerprint density at radius 2 is 0.949 bits per heavy atom. The molecule has 1 aliphatic rings. The van der Waals surface area contributed by atoms with Crippen LogP contribution < -0.4 is 4.90 Å². The highest BCUT2D eigenvalue weighted by Crippen LogP contribution is 2.54. The van der Waals surface area contributed by atoms with Gasteiger partial charge in [0.05, 0.1) is 16.7 Å². The van der Waals surface area contributed by atoms with Crippen molar-refractivity contribution >= 4 is 38.9 Å². The lowest BCUT2D eigenvalue weighted by molar-refractivity contribution is 0.660. The highest BCUT2D eigenvalue weighted by molar-refractivity contribution is 6.15. The molecule has 0 aliphatic heterocycles. The van der Waals surface area contributed by atoms with E-state index < -0.39 is 0 Å². The van der Waals surface area contributed by atoms with Gasteiger partial charge in [0.2, 0.25) is 0 Å². The van der Waals surface area contributed by atoms with Crippen LogP contribution in [0.3, 0.4) is 0 Å². The number of nitrogens with zero attached hydrogens (tertiary/aromatic N) is 2. The molecule has 2 heteroatoms. The second kappa shape index (κ2) is 13.9. The number of rotatable bonds is 7. The molecule has 9 aromatic carbocycles. The number of para-hydroxylation sites is 3. The zero-order valence-electron chi connectivity index (χ0n) is 33.2. The first kappa shape index (κ1) is 34.8. The molecule has 0 radical (unpaired) electrons. The lowest BCUT2D eigenvalue weighted by Gasteiger charge is -2.29. The number of aromatic nitrogens is 1. The first-order chi connectivity index (χ1) is 29.1. The summed E-state index contributed by atoms with van der Waals surface area (Å²) >= 11 is 0. The summed E-state index contributed by atoms with van der Waals surface area (Å²) in [6.07, 6.45) is 0. The molecule has 0 N–H and O–H groups in total. The van der Waals surface area contributed by atoms with Crippen molar-refractivity contribution in [1.82, 2.24) is 4.57 Å². The molecule has 10 aromatic rings. The molecule has 2 nitrogen and oxygen atoms in total. The van der Waals surface area contributed by atoms with Gasteiger partial charge in [0.25, 0.3) is 0 Å². The van der Waals surface area contributed by atoms with Gasteiger partial charge in [0.1, 0.15) is 0 Å². The van der Waals surface area contributed by atoms with Gasteiger partial charge in [-0.1, -0.05) is 178 Å². The Hall–Kier alpha value is -7.42. The minimum Gasteiger partial charge on any atom is -0.310 e. The van der Waals surface area contributed by atoms with Crippen LogP contribution in [0.5, 0.6) is 0 Å². The standard InChI is InChI=1S/C57H42N2/c1-57(2)50-37-36-44(38-49(50)55-46(26-16-28-51(55)57)40-20-8-4-9-21-40)58(52-29-14-12-24-45(52)39-18-6-3-7-19-39)43-34-32-41(33-35-43)47-27-17-31-54-56(47)48-25-13-15-30-53(48)59(54)42-22-10-5-11-23-42/h3-38H,1-2H3. The Bertz CT molecular complexity index is 3160. The summed E-state index contributed by atoms with van der Waals surface area (Å²) in [5, 5.41) is 2.51. The molecular weight excluding hydrogens is 713 g/mol. The molecule has 0 amide bonds. The Morgan fingerprint density at radius 1 is 0.390 bits per heavy atom. The summed E-state index contributed by atoms with van der Waals surface area (Å²) < 4.78 is 2.39. The minimum absolute atomic E-state index is 0.132. The summed E-state index contributed by atoms with van der Waals surface area (Å²) in [4.78, 5) is 2.45. The van der Waals surface area contributed by atoms with E-state index in [0.717, 1.165) is 22.7 Å². The maximum Gasteiger partial charge on any atom is 0.0547 e. The molecule has 0 spiro atoms. The van der Waals surface area contributed by atoms with Crippen LogP contribution in [0.25, 0.3) is 72.0 Å². The van der Waals surface area contributed by atoms with Crippen LogP contribution in [0.15, 0.2) is 218 Å². The second-order valence-electron chi connectivity index (χ2n) is 16.1. The largest absolute Gasteiger partial charge is 0.310 e. The van der Waals surface area contributed by atoms with E-state index in [1.54, 1.807) is 0 Å². The van der Waals surface area contributed by atoms with Crippen molar-refractivity contribution in [1.29, 1.82) is 0 Å². The maximum atomic E-state index is 2.45. The van der Waals surface area contributed by atoms with Gasteiger partial charge in [-0.25, -0.2) is 0 Å². The lowest BCUT2D eigenvalue weighted by Crippen LogP contribution is -2.15.